The summed E-state index contributed by atoms with van der Waals surface area (Å²) in [7, 11) is 1.61. The topological polar surface area (TPSA) is 38.3 Å². The fourth-order valence-electron chi connectivity index (χ4n) is 2.10. The van der Waals surface area contributed by atoms with Crippen LogP contribution in [0.2, 0.25) is 0 Å². The smallest absolute Gasteiger partial charge is 0.251 e. The lowest BCUT2D eigenvalue weighted by atomic mass is 10.1. The molecule has 1 N–H and O–H groups in total. The maximum absolute atomic E-state index is 12.4. The lowest BCUT2D eigenvalue weighted by Crippen LogP contribution is -2.29. The predicted octanol–water partition coefficient (Wildman–Crippen LogP) is 3.87. The van der Waals surface area contributed by atoms with Crippen LogP contribution in [0.4, 0.5) is 0 Å². The highest BCUT2D eigenvalue weighted by Crippen LogP contribution is 2.20. The number of benzene rings is 2. The molecule has 0 spiro atoms. The van der Waals surface area contributed by atoms with Crippen LogP contribution in [0, 0.1) is 6.92 Å². The molecule has 110 valence electrons. The van der Waals surface area contributed by atoms with Crippen molar-refractivity contribution >= 4 is 21.8 Å². The van der Waals surface area contributed by atoms with E-state index in [1.807, 2.05) is 49.4 Å². The van der Waals surface area contributed by atoms with Crippen LogP contribution < -0.4 is 10.1 Å². The number of carbonyl (C=O) groups excluding carboxylic acids is 1. The normalized spacial score (nSPS) is 11.8. The summed E-state index contributed by atoms with van der Waals surface area (Å²) in [5.74, 6) is 0.611. The van der Waals surface area contributed by atoms with Crippen LogP contribution in [-0.2, 0) is 0 Å². The van der Waals surface area contributed by atoms with Crippen molar-refractivity contribution in [2.24, 2.45) is 0 Å². The third-order valence-electron chi connectivity index (χ3n) is 3.33. The van der Waals surface area contributed by atoms with Crippen molar-refractivity contribution in [3.05, 3.63) is 65.2 Å². The molecule has 0 aliphatic rings. The standard InChI is InChI=1S/C17H18BrNO2/c1-12-8-9-14(10-16(12)21-2)17(20)19-15(11-18)13-6-4-3-5-7-13/h3-10,15H,11H2,1-2H3,(H,19,20). The number of ether oxygens (including phenoxy) is 1. The van der Waals surface area contributed by atoms with Gasteiger partial charge >= 0.3 is 0 Å². The van der Waals surface area contributed by atoms with E-state index in [1.54, 1.807) is 13.2 Å². The minimum atomic E-state index is -0.110. The number of rotatable bonds is 5. The molecule has 0 heterocycles. The molecule has 0 saturated carbocycles. The lowest BCUT2D eigenvalue weighted by molar-refractivity contribution is 0.0940. The Labute approximate surface area is 133 Å². The van der Waals surface area contributed by atoms with E-state index < -0.39 is 0 Å². The number of methoxy groups -OCH3 is 1. The summed E-state index contributed by atoms with van der Waals surface area (Å²) in [6, 6.07) is 15.3. The molecule has 2 rings (SSSR count). The molecule has 0 aromatic heterocycles. The molecule has 21 heavy (non-hydrogen) atoms. The molecule has 0 saturated heterocycles. The van der Waals surface area contributed by atoms with E-state index in [9.17, 15) is 4.79 Å². The van der Waals surface area contributed by atoms with Gasteiger partial charge in [0.2, 0.25) is 0 Å². The van der Waals surface area contributed by atoms with E-state index in [0.29, 0.717) is 10.9 Å². The number of alkyl halides is 1. The first-order valence-corrected chi connectivity index (χ1v) is 7.84. The minimum Gasteiger partial charge on any atom is -0.496 e. The van der Waals surface area contributed by atoms with Gasteiger partial charge in [-0.2, -0.15) is 0 Å². The van der Waals surface area contributed by atoms with Crippen LogP contribution in [0.15, 0.2) is 48.5 Å². The van der Waals surface area contributed by atoms with Crippen molar-refractivity contribution in [1.82, 2.24) is 5.32 Å². The Kier molecular flexibility index (Phi) is 5.39. The number of halogens is 1. The van der Waals surface area contributed by atoms with Gasteiger partial charge in [-0.25, -0.2) is 0 Å². The summed E-state index contributed by atoms with van der Waals surface area (Å²) >= 11 is 3.45. The SMILES string of the molecule is COc1cc(C(=O)NC(CBr)c2ccccc2)ccc1C. The van der Waals surface area contributed by atoms with Crippen LogP contribution >= 0.6 is 15.9 Å². The molecular weight excluding hydrogens is 330 g/mol. The van der Waals surface area contributed by atoms with Crippen molar-refractivity contribution in [3.8, 4) is 5.75 Å². The fraction of sp³-hybridized carbons (Fsp3) is 0.235. The second-order valence-corrected chi connectivity index (χ2v) is 5.42. The lowest BCUT2D eigenvalue weighted by Gasteiger charge is -2.17. The molecule has 0 fully saturated rings. The Morgan fingerprint density at radius 1 is 1.24 bits per heavy atom. The Morgan fingerprint density at radius 2 is 1.95 bits per heavy atom. The second kappa shape index (κ2) is 7.27. The summed E-state index contributed by atoms with van der Waals surface area (Å²) in [5, 5.41) is 3.69. The Hall–Kier alpha value is -1.81. The fourth-order valence-corrected chi connectivity index (χ4v) is 2.63. The second-order valence-electron chi connectivity index (χ2n) is 4.78. The number of hydrogen-bond donors (Lipinski definition) is 1. The van der Waals surface area contributed by atoms with Crippen molar-refractivity contribution in [3.63, 3.8) is 0 Å². The number of aryl methyl sites for hydroxylation is 1. The zero-order chi connectivity index (χ0) is 15.2. The average molecular weight is 348 g/mol. The van der Waals surface area contributed by atoms with Gasteiger partial charge in [-0.05, 0) is 30.2 Å². The summed E-state index contributed by atoms with van der Waals surface area (Å²) in [5.41, 5.74) is 2.68. The first-order chi connectivity index (χ1) is 10.2. The average Bonchev–Trinajstić information content (AvgIpc) is 2.53. The largest absolute Gasteiger partial charge is 0.496 e. The molecule has 2 aromatic carbocycles. The molecular formula is C17H18BrNO2. The monoisotopic (exact) mass is 347 g/mol. The van der Waals surface area contributed by atoms with Crippen LogP contribution in [0.1, 0.15) is 27.5 Å². The Morgan fingerprint density at radius 3 is 2.57 bits per heavy atom. The molecule has 0 aliphatic carbocycles. The molecule has 2 aromatic rings. The molecule has 0 radical (unpaired) electrons. The number of nitrogens with one attached hydrogen (secondary N) is 1. The van der Waals surface area contributed by atoms with Crippen molar-refractivity contribution in [2.75, 3.05) is 12.4 Å². The summed E-state index contributed by atoms with van der Waals surface area (Å²) in [6.07, 6.45) is 0. The van der Waals surface area contributed by atoms with Crippen molar-refractivity contribution in [2.45, 2.75) is 13.0 Å². The van der Waals surface area contributed by atoms with Crippen molar-refractivity contribution in [1.29, 1.82) is 0 Å². The van der Waals surface area contributed by atoms with E-state index >= 15 is 0 Å². The van der Waals surface area contributed by atoms with E-state index in [4.69, 9.17) is 4.74 Å². The van der Waals surface area contributed by atoms with Crippen LogP contribution in [-0.4, -0.2) is 18.3 Å². The molecule has 0 bridgehead atoms. The molecule has 0 aliphatic heterocycles. The third kappa shape index (κ3) is 3.85. The first-order valence-electron chi connectivity index (χ1n) is 6.72. The van der Waals surface area contributed by atoms with E-state index in [-0.39, 0.29) is 11.9 Å². The highest BCUT2D eigenvalue weighted by Gasteiger charge is 2.15. The summed E-state index contributed by atoms with van der Waals surface area (Å²) < 4.78 is 5.26. The maximum Gasteiger partial charge on any atom is 0.251 e. The van der Waals surface area contributed by atoms with Gasteiger partial charge in [0, 0.05) is 10.9 Å². The van der Waals surface area contributed by atoms with Gasteiger partial charge in [0.1, 0.15) is 5.75 Å². The highest BCUT2D eigenvalue weighted by molar-refractivity contribution is 9.09. The van der Waals surface area contributed by atoms with Gasteiger partial charge in [0.05, 0.1) is 13.2 Å². The van der Waals surface area contributed by atoms with Crippen LogP contribution in [0.5, 0.6) is 5.75 Å². The van der Waals surface area contributed by atoms with Gasteiger partial charge in [0.25, 0.3) is 5.91 Å². The number of hydrogen-bond acceptors (Lipinski definition) is 2. The Bertz CT molecular complexity index is 613. The van der Waals surface area contributed by atoms with E-state index in [1.165, 1.54) is 0 Å². The number of carbonyl (C=O) groups is 1. The molecule has 1 atom stereocenters. The Balaban J connectivity index is 2.16. The molecule has 1 amide bonds. The van der Waals surface area contributed by atoms with Gasteiger partial charge in [-0.15, -0.1) is 0 Å². The van der Waals surface area contributed by atoms with Crippen LogP contribution in [0.3, 0.4) is 0 Å². The van der Waals surface area contributed by atoms with E-state index in [0.717, 1.165) is 16.9 Å². The van der Waals surface area contributed by atoms with Gasteiger partial charge in [-0.1, -0.05) is 52.3 Å². The maximum atomic E-state index is 12.4. The van der Waals surface area contributed by atoms with E-state index in [2.05, 4.69) is 21.2 Å². The predicted molar refractivity (Wildman–Crippen MR) is 88.2 cm³/mol. The minimum absolute atomic E-state index is 0.0639. The summed E-state index contributed by atoms with van der Waals surface area (Å²) in [6.45, 7) is 1.95. The molecule has 1 unspecified atom stereocenters. The zero-order valence-electron chi connectivity index (χ0n) is 12.1. The summed E-state index contributed by atoms with van der Waals surface area (Å²) in [4.78, 5) is 12.4. The van der Waals surface area contributed by atoms with Gasteiger partial charge < -0.3 is 10.1 Å². The van der Waals surface area contributed by atoms with Crippen molar-refractivity contribution < 1.29 is 9.53 Å². The third-order valence-corrected chi connectivity index (χ3v) is 3.98. The molecule has 3 nitrogen and oxygen atoms in total. The quantitative estimate of drug-likeness (QED) is 0.833. The highest BCUT2D eigenvalue weighted by atomic mass is 79.9. The molecule has 4 heteroatoms. The van der Waals surface area contributed by atoms with Gasteiger partial charge in [0.15, 0.2) is 0 Å². The first kappa shape index (κ1) is 15.6. The van der Waals surface area contributed by atoms with Crippen LogP contribution in [0.25, 0.3) is 0 Å². The zero-order valence-corrected chi connectivity index (χ0v) is 13.7. The van der Waals surface area contributed by atoms with Gasteiger partial charge in [-0.3, -0.25) is 4.79 Å². The number of amides is 1.